The molecule has 3 fully saturated rings. The zero-order valence-electron chi connectivity index (χ0n) is 18.5. The maximum Gasteiger partial charge on any atom is 0.433 e. The van der Waals surface area contributed by atoms with Crippen molar-refractivity contribution in [3.05, 3.63) is 18.0 Å². The molecule has 0 spiro atoms. The lowest BCUT2D eigenvalue weighted by atomic mass is 9.96. The van der Waals surface area contributed by atoms with Gasteiger partial charge in [0.25, 0.3) is 0 Å². The van der Waals surface area contributed by atoms with Gasteiger partial charge in [-0.3, -0.25) is 4.79 Å². The fourth-order valence-electron chi connectivity index (χ4n) is 5.03. The maximum atomic E-state index is 12.9. The largest absolute Gasteiger partial charge is 0.433 e. The number of alkyl halides is 3. The van der Waals surface area contributed by atoms with Crippen LogP contribution in [0.2, 0.25) is 0 Å². The number of halogens is 3. The molecule has 2 aliphatic heterocycles. The first kappa shape index (κ1) is 23.2. The molecule has 0 bridgehead atoms. The summed E-state index contributed by atoms with van der Waals surface area (Å²) in [7, 11) is 0. The number of ether oxygens (including phenoxy) is 1. The van der Waals surface area contributed by atoms with Crippen LogP contribution >= 0.6 is 0 Å². The van der Waals surface area contributed by atoms with Crippen LogP contribution in [0.25, 0.3) is 0 Å². The van der Waals surface area contributed by atoms with E-state index in [4.69, 9.17) is 4.74 Å². The number of carbonyl (C=O) groups is 1. The summed E-state index contributed by atoms with van der Waals surface area (Å²) in [6.07, 6.45) is 1.40. The fraction of sp³-hybridized carbons (Fsp3) is 0.773. The molecule has 4 rings (SSSR count). The van der Waals surface area contributed by atoms with Gasteiger partial charge in [-0.2, -0.15) is 13.2 Å². The third kappa shape index (κ3) is 5.70. The van der Waals surface area contributed by atoms with Crippen molar-refractivity contribution in [2.75, 3.05) is 44.3 Å². The molecule has 1 aromatic heterocycles. The highest BCUT2D eigenvalue weighted by molar-refractivity contribution is 5.76. The molecule has 2 saturated heterocycles. The van der Waals surface area contributed by atoms with Gasteiger partial charge in [0.1, 0.15) is 5.69 Å². The van der Waals surface area contributed by atoms with Crippen LogP contribution in [0.3, 0.4) is 0 Å². The molecule has 4 atom stereocenters. The molecular formula is C22H32F3N5O2. The van der Waals surface area contributed by atoms with E-state index in [2.05, 4.69) is 22.2 Å². The monoisotopic (exact) mass is 455 g/mol. The van der Waals surface area contributed by atoms with E-state index in [-0.39, 0.29) is 11.9 Å². The number of piperazine rings is 1. The molecular weight excluding hydrogens is 423 g/mol. The molecule has 1 saturated carbocycles. The van der Waals surface area contributed by atoms with Gasteiger partial charge >= 0.3 is 6.18 Å². The van der Waals surface area contributed by atoms with Crippen LogP contribution in [0.5, 0.6) is 0 Å². The topological polar surface area (TPSA) is 70.6 Å². The van der Waals surface area contributed by atoms with E-state index >= 15 is 0 Å². The molecule has 3 aliphatic rings. The van der Waals surface area contributed by atoms with Crippen molar-refractivity contribution in [3.8, 4) is 0 Å². The van der Waals surface area contributed by atoms with Gasteiger partial charge in [-0.15, -0.1) is 0 Å². The Hall–Kier alpha value is -1.94. The number of carbonyl (C=O) groups excluding carboxylic acids is 1. The average Bonchev–Trinajstić information content (AvgIpc) is 3.22. The summed E-state index contributed by atoms with van der Waals surface area (Å²) < 4.78 is 44.2. The Balaban J connectivity index is 1.22. The lowest BCUT2D eigenvalue weighted by Gasteiger charge is -2.35. The van der Waals surface area contributed by atoms with Crippen LogP contribution in [0.15, 0.2) is 12.3 Å². The van der Waals surface area contributed by atoms with Crippen LogP contribution in [-0.4, -0.2) is 72.3 Å². The molecule has 3 heterocycles. The van der Waals surface area contributed by atoms with Gasteiger partial charge in [0.15, 0.2) is 0 Å². The van der Waals surface area contributed by atoms with Crippen molar-refractivity contribution in [2.24, 2.45) is 11.8 Å². The fourth-order valence-corrected chi connectivity index (χ4v) is 5.03. The number of nitrogens with one attached hydrogen (secondary N) is 1. The summed E-state index contributed by atoms with van der Waals surface area (Å²) in [5.74, 6) is 1.11. The lowest BCUT2D eigenvalue weighted by Crippen LogP contribution is -2.49. The second-order valence-corrected chi connectivity index (χ2v) is 9.30. The number of amides is 1. The van der Waals surface area contributed by atoms with Gasteiger partial charge in [0, 0.05) is 57.5 Å². The molecule has 1 amide bonds. The van der Waals surface area contributed by atoms with Crippen LogP contribution in [0, 0.1) is 11.8 Å². The van der Waals surface area contributed by atoms with E-state index in [0.29, 0.717) is 56.5 Å². The van der Waals surface area contributed by atoms with Crippen LogP contribution in [-0.2, 0) is 15.7 Å². The Morgan fingerprint density at radius 2 is 2.00 bits per heavy atom. The number of rotatable bonds is 5. The Bertz CT molecular complexity index is 785. The highest BCUT2D eigenvalue weighted by atomic mass is 19.4. The Kier molecular flexibility index (Phi) is 7.19. The standard InChI is InChI=1S/C22H32F3N5O2/c1-15-14-32-11-5-18(15)27-17-3-2-16(12-17)13-20(31)29-7-9-30(10-8-29)21-26-6-4-19(28-21)22(23,24)25/h4,6,15-18,27H,2-3,5,7-14H2,1H3/t15?,16-,17?,18?/m0/s1. The molecule has 1 aliphatic carbocycles. The number of nitrogens with zero attached hydrogens (tertiary/aromatic N) is 4. The molecule has 1 aromatic rings. The van der Waals surface area contributed by atoms with Gasteiger partial charge in [0.05, 0.1) is 6.61 Å². The second-order valence-electron chi connectivity index (χ2n) is 9.30. The Labute approximate surface area is 186 Å². The number of hydrogen-bond donors (Lipinski definition) is 1. The van der Waals surface area contributed by atoms with E-state index in [9.17, 15) is 18.0 Å². The summed E-state index contributed by atoms with van der Waals surface area (Å²) in [5.41, 5.74) is -0.944. The Morgan fingerprint density at radius 3 is 2.72 bits per heavy atom. The van der Waals surface area contributed by atoms with Crippen molar-refractivity contribution >= 4 is 11.9 Å². The number of aromatic nitrogens is 2. The van der Waals surface area contributed by atoms with Crippen molar-refractivity contribution in [1.82, 2.24) is 20.2 Å². The van der Waals surface area contributed by atoms with Crippen molar-refractivity contribution in [2.45, 2.75) is 57.3 Å². The molecule has 32 heavy (non-hydrogen) atoms. The van der Waals surface area contributed by atoms with Gasteiger partial charge in [0.2, 0.25) is 11.9 Å². The van der Waals surface area contributed by atoms with E-state index in [1.807, 2.05) is 4.90 Å². The zero-order chi connectivity index (χ0) is 22.7. The SMILES string of the molecule is CC1COCCC1NC1CC[C@H](CC(=O)N2CCN(c3nccc(C(F)(F)F)n3)CC2)C1. The summed E-state index contributed by atoms with van der Waals surface area (Å²) in [6.45, 7) is 5.67. The van der Waals surface area contributed by atoms with Crippen molar-refractivity contribution in [1.29, 1.82) is 0 Å². The predicted molar refractivity (Wildman–Crippen MR) is 113 cm³/mol. The predicted octanol–water partition coefficient (Wildman–Crippen LogP) is 2.72. The van der Waals surface area contributed by atoms with Crippen molar-refractivity contribution in [3.63, 3.8) is 0 Å². The zero-order valence-corrected chi connectivity index (χ0v) is 18.5. The third-order valence-corrected chi connectivity index (χ3v) is 6.94. The van der Waals surface area contributed by atoms with E-state index in [1.165, 1.54) is 0 Å². The van der Waals surface area contributed by atoms with Gasteiger partial charge in [-0.1, -0.05) is 6.92 Å². The minimum Gasteiger partial charge on any atom is -0.381 e. The molecule has 0 aromatic carbocycles. The van der Waals surface area contributed by atoms with Crippen LogP contribution < -0.4 is 10.2 Å². The van der Waals surface area contributed by atoms with Gasteiger partial charge < -0.3 is 19.9 Å². The average molecular weight is 456 g/mol. The van der Waals surface area contributed by atoms with E-state index in [0.717, 1.165) is 51.2 Å². The smallest absolute Gasteiger partial charge is 0.381 e. The number of anilines is 1. The summed E-state index contributed by atoms with van der Waals surface area (Å²) in [6, 6.07) is 1.83. The molecule has 10 heteroatoms. The van der Waals surface area contributed by atoms with E-state index < -0.39 is 11.9 Å². The first-order valence-corrected chi connectivity index (χ1v) is 11.6. The van der Waals surface area contributed by atoms with Crippen LogP contribution in [0.4, 0.5) is 19.1 Å². The van der Waals surface area contributed by atoms with Gasteiger partial charge in [-0.05, 0) is 43.6 Å². The second kappa shape index (κ2) is 9.91. The number of hydrogen-bond acceptors (Lipinski definition) is 6. The lowest BCUT2D eigenvalue weighted by molar-refractivity contribution is -0.141. The maximum absolute atomic E-state index is 12.9. The minimum atomic E-state index is -4.49. The first-order valence-electron chi connectivity index (χ1n) is 11.6. The molecule has 1 N–H and O–H groups in total. The highest BCUT2D eigenvalue weighted by Gasteiger charge is 2.34. The minimum absolute atomic E-state index is 0.0685. The van der Waals surface area contributed by atoms with E-state index in [1.54, 1.807) is 4.90 Å². The molecule has 178 valence electrons. The normalized spacial score (nSPS) is 29.4. The quantitative estimate of drug-likeness (QED) is 0.736. The summed E-state index contributed by atoms with van der Waals surface area (Å²) >= 11 is 0. The molecule has 0 radical (unpaired) electrons. The third-order valence-electron chi connectivity index (χ3n) is 6.94. The molecule has 7 nitrogen and oxygen atoms in total. The van der Waals surface area contributed by atoms with Gasteiger partial charge in [-0.25, -0.2) is 9.97 Å². The van der Waals surface area contributed by atoms with Crippen molar-refractivity contribution < 1.29 is 22.7 Å². The van der Waals surface area contributed by atoms with Crippen LogP contribution in [0.1, 0.15) is 44.7 Å². The Morgan fingerprint density at radius 1 is 1.22 bits per heavy atom. The summed E-state index contributed by atoms with van der Waals surface area (Å²) in [5, 5.41) is 3.78. The summed E-state index contributed by atoms with van der Waals surface area (Å²) in [4.78, 5) is 24.0. The molecule has 3 unspecified atom stereocenters. The first-order chi connectivity index (χ1) is 15.3. The highest BCUT2D eigenvalue weighted by Crippen LogP contribution is 2.31.